The molecule has 1 aliphatic heterocycles. The highest BCUT2D eigenvalue weighted by Crippen LogP contribution is 2.33. The molecule has 1 aliphatic rings. The fraction of sp³-hybridized carbons (Fsp3) is 0.200. The van der Waals surface area contributed by atoms with Gasteiger partial charge in [0.15, 0.2) is 0 Å². The van der Waals surface area contributed by atoms with Crippen LogP contribution in [0.25, 0.3) is 0 Å². The van der Waals surface area contributed by atoms with Crippen LogP contribution < -0.4 is 9.64 Å². The summed E-state index contributed by atoms with van der Waals surface area (Å²) in [6.45, 7) is 0.554. The molecule has 3 rings (SSSR count). The normalized spacial score (nSPS) is 13.1. The Kier molecular flexibility index (Phi) is 3.39. The van der Waals surface area contributed by atoms with E-state index < -0.39 is 5.97 Å². The van der Waals surface area contributed by atoms with Crippen molar-refractivity contribution >= 4 is 28.9 Å². The summed E-state index contributed by atoms with van der Waals surface area (Å²) in [6.07, 6.45) is 0.731. The van der Waals surface area contributed by atoms with E-state index in [1.165, 1.54) is 18.4 Å². The van der Waals surface area contributed by atoms with Gasteiger partial charge in [-0.1, -0.05) is 6.07 Å². The van der Waals surface area contributed by atoms with Crippen molar-refractivity contribution in [3.05, 3.63) is 45.6 Å². The number of aromatic carboxylic acids is 1. The second-order valence-corrected chi connectivity index (χ2v) is 5.59. The van der Waals surface area contributed by atoms with Gasteiger partial charge in [-0.05, 0) is 35.6 Å². The van der Waals surface area contributed by atoms with Crippen LogP contribution in [0, 0.1) is 0 Å². The van der Waals surface area contributed by atoms with Crippen molar-refractivity contribution in [1.29, 1.82) is 0 Å². The number of carboxylic acids is 1. The smallest absolute Gasteiger partial charge is 0.335 e. The van der Waals surface area contributed by atoms with Gasteiger partial charge in [0.25, 0.3) is 5.91 Å². The van der Waals surface area contributed by atoms with Crippen molar-refractivity contribution < 1.29 is 19.4 Å². The Morgan fingerprint density at radius 1 is 1.33 bits per heavy atom. The molecule has 0 radical (unpaired) electrons. The number of amides is 1. The highest BCUT2D eigenvalue weighted by atomic mass is 32.1. The number of hydrogen-bond acceptors (Lipinski definition) is 4. The zero-order valence-electron chi connectivity index (χ0n) is 11.3. The maximum absolute atomic E-state index is 12.6. The lowest BCUT2D eigenvalue weighted by Gasteiger charge is -2.17. The van der Waals surface area contributed by atoms with Crippen LogP contribution in [0.4, 0.5) is 5.69 Å². The van der Waals surface area contributed by atoms with Gasteiger partial charge >= 0.3 is 5.97 Å². The van der Waals surface area contributed by atoms with Gasteiger partial charge in [0.2, 0.25) is 0 Å². The minimum atomic E-state index is -0.995. The summed E-state index contributed by atoms with van der Waals surface area (Å²) in [6, 6.07) is 6.66. The van der Waals surface area contributed by atoms with Crippen molar-refractivity contribution in [1.82, 2.24) is 0 Å². The highest BCUT2D eigenvalue weighted by Gasteiger charge is 2.28. The second-order valence-electron chi connectivity index (χ2n) is 4.67. The molecule has 0 saturated heterocycles. The number of benzene rings is 1. The second kappa shape index (κ2) is 5.21. The summed E-state index contributed by atoms with van der Waals surface area (Å²) >= 11 is 1.32. The maximum Gasteiger partial charge on any atom is 0.335 e. The van der Waals surface area contributed by atoms with Gasteiger partial charge in [0.1, 0.15) is 10.6 Å². The molecule has 21 heavy (non-hydrogen) atoms. The highest BCUT2D eigenvalue weighted by molar-refractivity contribution is 7.12. The van der Waals surface area contributed by atoms with Crippen LogP contribution in [0.1, 0.15) is 25.6 Å². The number of carbonyl (C=O) groups excluding carboxylic acids is 1. The molecular weight excluding hydrogens is 290 g/mol. The topological polar surface area (TPSA) is 66.8 Å². The zero-order valence-corrected chi connectivity index (χ0v) is 12.1. The molecule has 108 valence electrons. The van der Waals surface area contributed by atoms with E-state index in [-0.39, 0.29) is 11.5 Å². The van der Waals surface area contributed by atoms with E-state index in [0.717, 1.165) is 12.0 Å². The summed E-state index contributed by atoms with van der Waals surface area (Å²) in [5.74, 6) is -0.596. The van der Waals surface area contributed by atoms with Gasteiger partial charge in [0, 0.05) is 12.2 Å². The maximum atomic E-state index is 12.6. The van der Waals surface area contributed by atoms with E-state index >= 15 is 0 Å². The van der Waals surface area contributed by atoms with E-state index in [4.69, 9.17) is 9.84 Å². The molecule has 1 aromatic heterocycles. The number of fused-ring (bicyclic) bond motifs is 1. The monoisotopic (exact) mass is 303 g/mol. The van der Waals surface area contributed by atoms with E-state index in [1.54, 1.807) is 34.5 Å². The van der Waals surface area contributed by atoms with Crippen LogP contribution >= 0.6 is 11.3 Å². The average molecular weight is 303 g/mol. The van der Waals surface area contributed by atoms with Crippen molar-refractivity contribution in [2.45, 2.75) is 6.42 Å². The van der Waals surface area contributed by atoms with Gasteiger partial charge in [-0.15, -0.1) is 11.3 Å². The number of thiophene rings is 1. The van der Waals surface area contributed by atoms with Crippen LogP contribution in [0.3, 0.4) is 0 Å². The van der Waals surface area contributed by atoms with Crippen LogP contribution in [0.15, 0.2) is 29.6 Å². The first-order valence-corrected chi connectivity index (χ1v) is 7.29. The molecule has 0 bridgehead atoms. The Morgan fingerprint density at radius 3 is 2.86 bits per heavy atom. The zero-order chi connectivity index (χ0) is 15.0. The molecule has 0 unspecified atom stereocenters. The summed E-state index contributed by atoms with van der Waals surface area (Å²) in [5.41, 5.74) is 1.85. The van der Waals surface area contributed by atoms with Crippen molar-refractivity contribution in [2.75, 3.05) is 18.6 Å². The molecule has 6 heteroatoms. The fourth-order valence-electron chi connectivity index (χ4n) is 2.46. The van der Waals surface area contributed by atoms with E-state index in [0.29, 0.717) is 22.9 Å². The summed E-state index contributed by atoms with van der Waals surface area (Å²) < 4.78 is 5.18. The standard InChI is InChI=1S/C15H13NO4S/c1-20-12-5-7-21-13(12)14(17)16-6-4-9-2-3-10(15(18)19)8-11(9)16/h2-3,5,7-8H,4,6H2,1H3,(H,18,19). The fourth-order valence-corrected chi connectivity index (χ4v) is 3.27. The summed E-state index contributed by atoms with van der Waals surface area (Å²) in [5, 5.41) is 10.9. The molecule has 2 aromatic rings. The number of methoxy groups -OCH3 is 1. The number of carboxylic acid groups (broad SMARTS) is 1. The lowest BCUT2D eigenvalue weighted by Crippen LogP contribution is -2.28. The Balaban J connectivity index is 1.98. The molecular formula is C15H13NO4S. The Labute approximate surface area is 125 Å². The van der Waals surface area contributed by atoms with Gasteiger partial charge in [-0.2, -0.15) is 0 Å². The minimum Gasteiger partial charge on any atom is -0.495 e. The third kappa shape index (κ3) is 2.27. The molecule has 5 nitrogen and oxygen atoms in total. The quantitative estimate of drug-likeness (QED) is 0.946. The number of carbonyl (C=O) groups is 2. The molecule has 0 aliphatic carbocycles. The first-order chi connectivity index (χ1) is 10.1. The molecule has 0 spiro atoms. The van der Waals surface area contributed by atoms with Crippen molar-refractivity contribution in [2.24, 2.45) is 0 Å². The van der Waals surface area contributed by atoms with Gasteiger partial charge in [-0.25, -0.2) is 4.79 Å². The first kappa shape index (κ1) is 13.6. The molecule has 1 amide bonds. The lowest BCUT2D eigenvalue weighted by molar-refractivity contribution is 0.0696. The van der Waals surface area contributed by atoms with Crippen molar-refractivity contribution in [3.63, 3.8) is 0 Å². The van der Waals surface area contributed by atoms with Gasteiger partial charge < -0.3 is 14.7 Å². The number of rotatable bonds is 3. The predicted octanol–water partition coefficient (Wildman–Crippen LogP) is 2.66. The molecule has 2 heterocycles. The van der Waals surface area contributed by atoms with E-state index in [1.807, 2.05) is 0 Å². The van der Waals surface area contributed by atoms with Gasteiger partial charge in [-0.3, -0.25) is 4.79 Å². The molecule has 0 fully saturated rings. The van der Waals surface area contributed by atoms with Crippen LogP contribution in [0.5, 0.6) is 5.75 Å². The third-order valence-corrected chi connectivity index (χ3v) is 4.40. The average Bonchev–Trinajstić information content (AvgIpc) is 3.12. The molecule has 1 N–H and O–H groups in total. The van der Waals surface area contributed by atoms with E-state index in [9.17, 15) is 9.59 Å². The Hall–Kier alpha value is -2.34. The SMILES string of the molecule is COc1ccsc1C(=O)N1CCc2ccc(C(=O)O)cc21. The third-order valence-electron chi connectivity index (χ3n) is 3.52. The number of ether oxygens (including phenoxy) is 1. The van der Waals surface area contributed by atoms with Crippen LogP contribution in [-0.4, -0.2) is 30.6 Å². The molecule has 0 atom stereocenters. The van der Waals surface area contributed by atoms with E-state index in [2.05, 4.69) is 0 Å². The first-order valence-electron chi connectivity index (χ1n) is 6.41. The van der Waals surface area contributed by atoms with Crippen LogP contribution in [0.2, 0.25) is 0 Å². The number of anilines is 1. The number of nitrogens with zero attached hydrogens (tertiary/aromatic N) is 1. The minimum absolute atomic E-state index is 0.150. The lowest BCUT2D eigenvalue weighted by atomic mass is 10.1. The molecule has 1 aromatic carbocycles. The molecule has 0 saturated carbocycles. The largest absolute Gasteiger partial charge is 0.495 e. The predicted molar refractivity (Wildman–Crippen MR) is 79.7 cm³/mol. The van der Waals surface area contributed by atoms with Crippen molar-refractivity contribution in [3.8, 4) is 5.75 Å². The van der Waals surface area contributed by atoms with Gasteiger partial charge in [0.05, 0.1) is 12.7 Å². The summed E-state index contributed by atoms with van der Waals surface area (Å²) in [4.78, 5) is 25.9. The number of hydrogen-bond donors (Lipinski definition) is 1. The summed E-state index contributed by atoms with van der Waals surface area (Å²) in [7, 11) is 1.53. The Bertz CT molecular complexity index is 722. The van der Waals surface area contributed by atoms with Crippen LogP contribution in [-0.2, 0) is 6.42 Å². The Morgan fingerprint density at radius 2 is 2.14 bits per heavy atom.